The molecular weight excluding hydrogens is 406 g/mol. The van der Waals surface area contributed by atoms with Crippen LogP contribution in [0.3, 0.4) is 0 Å². The number of carbonyl (C=O) groups is 2. The summed E-state index contributed by atoms with van der Waals surface area (Å²) in [7, 11) is 0. The van der Waals surface area contributed by atoms with Crippen molar-refractivity contribution in [3.8, 4) is 5.75 Å². The Hall–Kier alpha value is -3.33. The summed E-state index contributed by atoms with van der Waals surface area (Å²) in [4.78, 5) is 39.4. The van der Waals surface area contributed by atoms with Crippen molar-refractivity contribution in [2.75, 3.05) is 26.2 Å². The maximum atomic E-state index is 12.4. The Morgan fingerprint density at radius 1 is 1.07 bits per heavy atom. The first-order chi connectivity index (χ1) is 14.3. The minimum atomic E-state index is -0.455. The first kappa shape index (κ1) is 21.4. The number of hydrogen-bond donors (Lipinski definition) is 1. The molecule has 3 rings (SSSR count). The second kappa shape index (κ2) is 9.45. The molecule has 156 valence electrons. The van der Waals surface area contributed by atoms with Gasteiger partial charge in [0, 0.05) is 50.1 Å². The van der Waals surface area contributed by atoms with E-state index in [0.717, 1.165) is 4.90 Å². The zero-order valence-electron chi connectivity index (χ0n) is 16.4. The van der Waals surface area contributed by atoms with E-state index in [1.165, 1.54) is 43.0 Å². The van der Waals surface area contributed by atoms with E-state index in [0.29, 0.717) is 36.6 Å². The van der Waals surface area contributed by atoms with Gasteiger partial charge in [-0.15, -0.1) is 0 Å². The normalized spacial score (nSPS) is 14.2. The zero-order valence-corrected chi connectivity index (χ0v) is 17.2. The maximum absolute atomic E-state index is 12.4. The van der Waals surface area contributed by atoms with Gasteiger partial charge < -0.3 is 14.9 Å². The molecule has 8 nitrogen and oxygen atoms in total. The lowest BCUT2D eigenvalue weighted by Crippen LogP contribution is -2.49. The number of nitro groups is 1. The van der Waals surface area contributed by atoms with Crippen LogP contribution in [-0.4, -0.2) is 57.8 Å². The molecule has 1 aliphatic heterocycles. The number of carbonyl (C=O) groups excluding carboxylic acids is 2. The predicted molar refractivity (Wildman–Crippen MR) is 113 cm³/mol. The van der Waals surface area contributed by atoms with E-state index in [2.05, 4.69) is 0 Å². The largest absolute Gasteiger partial charge is 0.508 e. The van der Waals surface area contributed by atoms with Crippen LogP contribution < -0.4 is 0 Å². The van der Waals surface area contributed by atoms with Crippen LogP contribution in [0.2, 0.25) is 0 Å². The van der Waals surface area contributed by atoms with Crippen LogP contribution in [0, 0.1) is 10.1 Å². The molecule has 30 heavy (non-hydrogen) atoms. The van der Waals surface area contributed by atoms with Gasteiger partial charge in [-0.3, -0.25) is 19.7 Å². The van der Waals surface area contributed by atoms with Crippen LogP contribution in [0.5, 0.6) is 5.75 Å². The van der Waals surface area contributed by atoms with Gasteiger partial charge in [0.2, 0.25) is 11.8 Å². The Morgan fingerprint density at radius 2 is 1.70 bits per heavy atom. The molecule has 0 bridgehead atoms. The number of rotatable bonds is 5. The quantitative estimate of drug-likeness (QED) is 0.447. The molecule has 0 radical (unpaired) electrons. The third-order valence-corrected chi connectivity index (χ3v) is 5.77. The lowest BCUT2D eigenvalue weighted by Gasteiger charge is -2.33. The van der Waals surface area contributed by atoms with Gasteiger partial charge in [-0.2, -0.15) is 0 Å². The van der Waals surface area contributed by atoms with Crippen molar-refractivity contribution in [2.24, 2.45) is 0 Å². The highest BCUT2D eigenvalue weighted by molar-refractivity contribution is 7.99. The summed E-state index contributed by atoms with van der Waals surface area (Å²) in [5.74, 6) is -0.0691. The average Bonchev–Trinajstić information content (AvgIpc) is 2.74. The molecule has 0 saturated carbocycles. The molecule has 2 aromatic rings. The van der Waals surface area contributed by atoms with Gasteiger partial charge in [-0.1, -0.05) is 17.8 Å². The van der Waals surface area contributed by atoms with Gasteiger partial charge in [0.05, 0.1) is 9.82 Å². The topological polar surface area (TPSA) is 104 Å². The molecule has 9 heteroatoms. The molecular formula is C21H21N3O5S. The van der Waals surface area contributed by atoms with Gasteiger partial charge in [0.25, 0.3) is 5.69 Å². The molecule has 1 saturated heterocycles. The van der Waals surface area contributed by atoms with Gasteiger partial charge in [-0.05, 0) is 42.0 Å². The molecule has 1 fully saturated rings. The molecule has 0 spiro atoms. The Kier molecular flexibility index (Phi) is 6.73. The van der Waals surface area contributed by atoms with E-state index >= 15 is 0 Å². The number of phenols is 1. The summed E-state index contributed by atoms with van der Waals surface area (Å²) in [6.45, 7) is 3.44. The van der Waals surface area contributed by atoms with Crippen molar-refractivity contribution in [1.29, 1.82) is 0 Å². The summed E-state index contributed by atoms with van der Waals surface area (Å²) in [6.07, 6.45) is 2.96. The molecule has 0 aromatic heterocycles. The monoisotopic (exact) mass is 427 g/mol. The molecule has 1 heterocycles. The highest BCUT2D eigenvalue weighted by Crippen LogP contribution is 2.36. The molecule has 1 aliphatic rings. The molecule has 0 aliphatic carbocycles. The number of phenolic OH excluding ortho intramolecular Hbond substituents is 1. The third-order valence-electron chi connectivity index (χ3n) is 4.70. The summed E-state index contributed by atoms with van der Waals surface area (Å²) in [5, 5.41) is 20.9. The van der Waals surface area contributed by atoms with E-state index in [9.17, 15) is 24.8 Å². The number of hydrogen-bond acceptors (Lipinski definition) is 6. The van der Waals surface area contributed by atoms with Crippen molar-refractivity contribution in [3.05, 3.63) is 64.2 Å². The van der Waals surface area contributed by atoms with E-state index in [1.807, 2.05) is 0 Å². The van der Waals surface area contributed by atoms with Crippen molar-refractivity contribution in [2.45, 2.75) is 16.7 Å². The van der Waals surface area contributed by atoms with Crippen LogP contribution in [-0.2, 0) is 9.59 Å². The van der Waals surface area contributed by atoms with E-state index < -0.39 is 4.92 Å². The number of nitrogens with zero attached hydrogens (tertiary/aromatic N) is 3. The molecule has 2 aromatic carbocycles. The van der Waals surface area contributed by atoms with Crippen molar-refractivity contribution in [3.63, 3.8) is 0 Å². The molecule has 0 unspecified atom stereocenters. The average molecular weight is 427 g/mol. The predicted octanol–water partition coefficient (Wildman–Crippen LogP) is 3.16. The van der Waals surface area contributed by atoms with Crippen LogP contribution >= 0.6 is 11.8 Å². The number of benzene rings is 2. The van der Waals surface area contributed by atoms with Crippen LogP contribution in [0.15, 0.2) is 58.3 Å². The SMILES string of the molecule is CC(=O)N1CCN(C(=O)/C=C/c2ccc(Sc3ccc(O)cc3)c([N+](=O)[O-])c2)CC1. The lowest BCUT2D eigenvalue weighted by molar-refractivity contribution is -0.387. The summed E-state index contributed by atoms with van der Waals surface area (Å²) in [5.41, 5.74) is 0.491. The van der Waals surface area contributed by atoms with Gasteiger partial charge >= 0.3 is 0 Å². The first-order valence-electron chi connectivity index (χ1n) is 9.31. The van der Waals surface area contributed by atoms with Crippen LogP contribution in [0.4, 0.5) is 5.69 Å². The van der Waals surface area contributed by atoms with Crippen molar-refractivity contribution in [1.82, 2.24) is 9.80 Å². The summed E-state index contributed by atoms with van der Waals surface area (Å²) >= 11 is 1.23. The molecule has 0 atom stereocenters. The van der Waals surface area contributed by atoms with Crippen molar-refractivity contribution < 1.29 is 19.6 Å². The molecule has 2 amide bonds. The minimum Gasteiger partial charge on any atom is -0.508 e. The second-order valence-electron chi connectivity index (χ2n) is 6.74. The smallest absolute Gasteiger partial charge is 0.283 e. The first-order valence-corrected chi connectivity index (χ1v) is 10.1. The summed E-state index contributed by atoms with van der Waals surface area (Å²) in [6, 6.07) is 11.2. The summed E-state index contributed by atoms with van der Waals surface area (Å²) < 4.78 is 0. The maximum Gasteiger partial charge on any atom is 0.283 e. The zero-order chi connectivity index (χ0) is 21.7. The Labute approximate surface area is 177 Å². The van der Waals surface area contributed by atoms with E-state index in [-0.39, 0.29) is 23.3 Å². The van der Waals surface area contributed by atoms with E-state index in [1.54, 1.807) is 40.1 Å². The minimum absolute atomic E-state index is 0.00443. The lowest BCUT2D eigenvalue weighted by atomic mass is 10.2. The number of aromatic hydroxyl groups is 1. The fourth-order valence-electron chi connectivity index (χ4n) is 3.02. The number of piperazine rings is 1. The number of amides is 2. The van der Waals surface area contributed by atoms with Gasteiger partial charge in [0.1, 0.15) is 5.75 Å². The Morgan fingerprint density at radius 3 is 2.30 bits per heavy atom. The highest BCUT2D eigenvalue weighted by Gasteiger charge is 2.21. The van der Waals surface area contributed by atoms with Crippen LogP contribution in [0.1, 0.15) is 12.5 Å². The Balaban J connectivity index is 1.69. The fraction of sp³-hybridized carbons (Fsp3) is 0.238. The van der Waals surface area contributed by atoms with Crippen molar-refractivity contribution >= 4 is 35.3 Å². The highest BCUT2D eigenvalue weighted by atomic mass is 32.2. The Bertz CT molecular complexity index is 983. The third kappa shape index (κ3) is 5.38. The van der Waals surface area contributed by atoms with E-state index in [4.69, 9.17) is 0 Å². The van der Waals surface area contributed by atoms with Crippen LogP contribution in [0.25, 0.3) is 6.08 Å². The fourth-order valence-corrected chi connectivity index (χ4v) is 3.92. The second-order valence-corrected chi connectivity index (χ2v) is 7.86. The van der Waals surface area contributed by atoms with Gasteiger partial charge in [0.15, 0.2) is 0 Å². The molecule has 1 N–H and O–H groups in total. The standard InChI is InChI=1S/C21H21N3O5S/c1-15(25)22-10-12-23(13-11-22)21(27)9-3-16-2-8-20(19(14-16)24(28)29)30-18-6-4-17(26)5-7-18/h2-9,14,26H,10-13H2,1H3/b9-3+. The number of nitro benzene ring substituents is 1. The van der Waals surface area contributed by atoms with Gasteiger partial charge in [-0.25, -0.2) is 0 Å².